The van der Waals surface area contributed by atoms with Gasteiger partial charge in [0.1, 0.15) is 0 Å². The Kier molecular flexibility index (Phi) is 4.16. The van der Waals surface area contributed by atoms with E-state index in [1.165, 1.54) is 23.3 Å². The fourth-order valence-electron chi connectivity index (χ4n) is 2.42. The van der Waals surface area contributed by atoms with Gasteiger partial charge in [0.05, 0.1) is 17.7 Å². The molecular weight excluding hydrogens is 344 g/mol. The number of amides is 1. The maximum absolute atomic E-state index is 12.8. The Labute approximate surface area is 145 Å². The van der Waals surface area contributed by atoms with Crippen molar-refractivity contribution in [3.63, 3.8) is 0 Å². The van der Waals surface area contributed by atoms with Gasteiger partial charge in [-0.05, 0) is 43.7 Å². The lowest BCUT2D eigenvalue weighted by molar-refractivity contribution is -0.155. The zero-order chi connectivity index (χ0) is 18.2. The second kappa shape index (κ2) is 6.03. The summed E-state index contributed by atoms with van der Waals surface area (Å²) in [7, 11) is -3.27. The Bertz CT molecular complexity index is 912. The summed E-state index contributed by atoms with van der Waals surface area (Å²) in [5.41, 5.74) is -0.333. The smallest absolute Gasteiger partial charge is 0.275 e. The number of furan rings is 1. The SMILES string of the molecule is CC1(C)ON=C(c2ccco2)N(Cc2ccc(S(C)(=O)=O)cc2)C1=O. The van der Waals surface area contributed by atoms with E-state index in [0.29, 0.717) is 5.76 Å². The fourth-order valence-corrected chi connectivity index (χ4v) is 3.05. The molecule has 0 atom stereocenters. The molecule has 0 radical (unpaired) electrons. The van der Waals surface area contributed by atoms with Gasteiger partial charge >= 0.3 is 0 Å². The normalized spacial score (nSPS) is 17.2. The third-order valence-electron chi connectivity index (χ3n) is 3.81. The molecule has 1 amide bonds. The van der Waals surface area contributed by atoms with Crippen LogP contribution >= 0.6 is 0 Å². The largest absolute Gasteiger partial charge is 0.461 e. The van der Waals surface area contributed by atoms with Crippen LogP contribution in [0.5, 0.6) is 0 Å². The van der Waals surface area contributed by atoms with Gasteiger partial charge in [0.25, 0.3) is 5.91 Å². The number of benzene rings is 1. The van der Waals surface area contributed by atoms with Crippen LogP contribution in [0.3, 0.4) is 0 Å². The molecule has 0 unspecified atom stereocenters. The number of carbonyl (C=O) groups is 1. The van der Waals surface area contributed by atoms with Crippen molar-refractivity contribution >= 4 is 21.6 Å². The van der Waals surface area contributed by atoms with E-state index in [-0.39, 0.29) is 23.2 Å². The lowest BCUT2D eigenvalue weighted by Gasteiger charge is -2.34. The highest BCUT2D eigenvalue weighted by Gasteiger charge is 2.41. The van der Waals surface area contributed by atoms with Crippen molar-refractivity contribution in [2.45, 2.75) is 30.9 Å². The Hall–Kier alpha value is -2.61. The highest BCUT2D eigenvalue weighted by atomic mass is 32.2. The first kappa shape index (κ1) is 17.2. The minimum absolute atomic E-state index is 0.217. The molecule has 1 aliphatic heterocycles. The van der Waals surface area contributed by atoms with Crippen molar-refractivity contribution in [2.75, 3.05) is 6.26 Å². The van der Waals surface area contributed by atoms with E-state index in [1.807, 2.05) is 0 Å². The van der Waals surface area contributed by atoms with E-state index in [2.05, 4.69) is 5.16 Å². The first-order valence-corrected chi connectivity index (χ1v) is 9.49. The van der Waals surface area contributed by atoms with Crippen LogP contribution in [0.1, 0.15) is 25.2 Å². The van der Waals surface area contributed by atoms with E-state index in [1.54, 1.807) is 38.1 Å². The van der Waals surface area contributed by atoms with Crippen LogP contribution < -0.4 is 0 Å². The zero-order valence-electron chi connectivity index (χ0n) is 14.1. The van der Waals surface area contributed by atoms with Crippen molar-refractivity contribution in [1.29, 1.82) is 0 Å². The lowest BCUT2D eigenvalue weighted by atomic mass is 10.1. The molecule has 3 rings (SSSR count). The van der Waals surface area contributed by atoms with Gasteiger partial charge in [-0.25, -0.2) is 8.42 Å². The molecule has 0 spiro atoms. The van der Waals surface area contributed by atoms with Crippen molar-refractivity contribution in [2.24, 2.45) is 5.16 Å². The first-order valence-electron chi connectivity index (χ1n) is 7.59. The summed E-state index contributed by atoms with van der Waals surface area (Å²) in [4.78, 5) is 19.8. The number of sulfone groups is 1. The van der Waals surface area contributed by atoms with Gasteiger partial charge in [0, 0.05) is 6.26 Å². The summed E-state index contributed by atoms with van der Waals surface area (Å²) in [6, 6.07) is 9.77. The van der Waals surface area contributed by atoms with Crippen molar-refractivity contribution in [1.82, 2.24) is 4.90 Å². The maximum atomic E-state index is 12.8. The summed E-state index contributed by atoms with van der Waals surface area (Å²) in [5, 5.41) is 4.04. The molecule has 0 saturated carbocycles. The van der Waals surface area contributed by atoms with E-state index in [0.717, 1.165) is 11.8 Å². The van der Waals surface area contributed by atoms with Gasteiger partial charge < -0.3 is 9.25 Å². The van der Waals surface area contributed by atoms with Crippen molar-refractivity contribution in [3.05, 3.63) is 54.0 Å². The molecular formula is C17H18N2O5S. The number of hydrogen-bond acceptors (Lipinski definition) is 6. The monoisotopic (exact) mass is 362 g/mol. The van der Waals surface area contributed by atoms with Gasteiger partial charge in [-0.2, -0.15) is 0 Å². The highest BCUT2D eigenvalue weighted by molar-refractivity contribution is 7.90. The van der Waals surface area contributed by atoms with Crippen LogP contribution in [0.4, 0.5) is 0 Å². The molecule has 1 aliphatic rings. The summed E-state index contributed by atoms with van der Waals surface area (Å²) in [6.07, 6.45) is 2.64. The molecule has 0 fully saturated rings. The number of carbonyl (C=O) groups excluding carboxylic acids is 1. The third kappa shape index (κ3) is 3.43. The molecule has 1 aromatic carbocycles. The van der Waals surface area contributed by atoms with Gasteiger partial charge in [-0.15, -0.1) is 0 Å². The molecule has 0 saturated heterocycles. The predicted molar refractivity (Wildman–Crippen MR) is 90.5 cm³/mol. The Morgan fingerprint density at radius 2 is 1.84 bits per heavy atom. The Morgan fingerprint density at radius 3 is 2.40 bits per heavy atom. The Balaban J connectivity index is 1.93. The fraction of sp³-hybridized carbons (Fsp3) is 0.294. The Morgan fingerprint density at radius 1 is 1.16 bits per heavy atom. The molecule has 0 bridgehead atoms. The predicted octanol–water partition coefficient (Wildman–Crippen LogP) is 2.18. The molecule has 2 heterocycles. The number of nitrogens with zero attached hydrogens (tertiary/aromatic N) is 2. The zero-order valence-corrected chi connectivity index (χ0v) is 14.9. The van der Waals surface area contributed by atoms with Crippen LogP contribution in [-0.2, 0) is 26.0 Å². The number of amidine groups is 1. The summed E-state index contributed by atoms with van der Waals surface area (Å²) in [6.45, 7) is 3.49. The van der Waals surface area contributed by atoms with Gasteiger partial charge in [0.2, 0.25) is 11.4 Å². The minimum atomic E-state index is -3.27. The highest BCUT2D eigenvalue weighted by Crippen LogP contribution is 2.25. The van der Waals surface area contributed by atoms with E-state index >= 15 is 0 Å². The molecule has 132 valence electrons. The van der Waals surface area contributed by atoms with Gasteiger partial charge in [-0.3, -0.25) is 9.69 Å². The topological polar surface area (TPSA) is 89.2 Å². The van der Waals surface area contributed by atoms with Gasteiger partial charge in [-0.1, -0.05) is 17.3 Å². The molecule has 25 heavy (non-hydrogen) atoms. The van der Waals surface area contributed by atoms with E-state index < -0.39 is 15.4 Å². The van der Waals surface area contributed by atoms with Crippen LogP contribution in [-0.4, -0.2) is 36.9 Å². The molecule has 2 aromatic rings. The van der Waals surface area contributed by atoms with Crippen LogP contribution in [0.2, 0.25) is 0 Å². The second-order valence-corrected chi connectivity index (χ2v) is 8.32. The van der Waals surface area contributed by atoms with Crippen LogP contribution in [0.15, 0.2) is 57.1 Å². The summed E-state index contributed by atoms with van der Waals surface area (Å²) < 4.78 is 28.5. The van der Waals surface area contributed by atoms with Crippen molar-refractivity contribution < 1.29 is 22.5 Å². The molecule has 0 aliphatic carbocycles. The average molecular weight is 362 g/mol. The first-order chi connectivity index (χ1) is 11.7. The number of rotatable bonds is 4. The minimum Gasteiger partial charge on any atom is -0.461 e. The number of oxime groups is 1. The summed E-state index contributed by atoms with van der Waals surface area (Å²) >= 11 is 0. The third-order valence-corrected chi connectivity index (χ3v) is 4.94. The molecule has 7 nitrogen and oxygen atoms in total. The molecule has 8 heteroatoms. The standard InChI is InChI=1S/C17H18N2O5S/c1-17(2)16(20)19(15(18-24-17)14-5-4-10-23-14)11-12-6-8-13(9-7-12)25(3,21)22/h4-10H,11H2,1-3H3. The van der Waals surface area contributed by atoms with Crippen molar-refractivity contribution in [3.8, 4) is 0 Å². The van der Waals surface area contributed by atoms with Crippen LogP contribution in [0.25, 0.3) is 0 Å². The van der Waals surface area contributed by atoms with E-state index in [4.69, 9.17) is 9.25 Å². The van der Waals surface area contributed by atoms with Gasteiger partial charge in [0.15, 0.2) is 15.6 Å². The van der Waals surface area contributed by atoms with Crippen LogP contribution in [0, 0.1) is 0 Å². The molecule has 1 aromatic heterocycles. The van der Waals surface area contributed by atoms with E-state index in [9.17, 15) is 13.2 Å². The molecule has 0 N–H and O–H groups in total. The second-order valence-electron chi connectivity index (χ2n) is 6.30. The summed E-state index contributed by atoms with van der Waals surface area (Å²) in [5.74, 6) is 0.430. The maximum Gasteiger partial charge on any atom is 0.275 e. The lowest BCUT2D eigenvalue weighted by Crippen LogP contribution is -2.52. The number of hydrogen-bond donors (Lipinski definition) is 0. The average Bonchev–Trinajstić information content (AvgIpc) is 3.06. The quantitative estimate of drug-likeness (QED) is 0.832.